The summed E-state index contributed by atoms with van der Waals surface area (Å²) in [6.45, 7) is 0. The third kappa shape index (κ3) is 9.47. The zero-order valence-corrected chi connectivity index (χ0v) is 12.0. The van der Waals surface area contributed by atoms with E-state index in [1.807, 2.05) is 0 Å². The summed E-state index contributed by atoms with van der Waals surface area (Å²) in [5.74, 6) is 0. The van der Waals surface area contributed by atoms with Gasteiger partial charge in [-0.2, -0.15) is 0 Å². The number of hydrogen-bond acceptors (Lipinski definition) is 0. The summed E-state index contributed by atoms with van der Waals surface area (Å²) in [5.41, 5.74) is 0. The Morgan fingerprint density at radius 1 is 1.00 bits per heavy atom. The minimum atomic E-state index is 0. The van der Waals surface area contributed by atoms with Gasteiger partial charge in [0.15, 0.2) is 0 Å². The number of rotatable bonds is 0. The van der Waals surface area contributed by atoms with Crippen LogP contribution in [0.4, 0.5) is 0 Å². The molecule has 0 aromatic rings. The van der Waals surface area contributed by atoms with Gasteiger partial charge in [-0.15, -0.1) is 0 Å². The molecule has 4 heteroatoms. The minimum absolute atomic E-state index is 0. The second kappa shape index (κ2) is 15.7. The molecule has 0 spiro atoms. The largest absolute Gasteiger partial charge is 0 e. The first-order valence-corrected chi connectivity index (χ1v) is 0. The third-order valence-electron chi connectivity index (χ3n) is 0. The molecule has 0 rings (SSSR count). The van der Waals surface area contributed by atoms with E-state index in [0.717, 1.165) is 0 Å². The second-order valence-electron chi connectivity index (χ2n) is 0. The van der Waals surface area contributed by atoms with Crippen LogP contribution in [-0.2, 0) is 26.2 Å². The molecule has 0 aliphatic rings. The smallest absolute Gasteiger partial charge is 0 e. The molecule has 3 radical (unpaired) electrons. The summed E-state index contributed by atoms with van der Waals surface area (Å²) >= 11 is 0. The van der Waals surface area contributed by atoms with Crippen molar-refractivity contribution in [2.24, 2.45) is 0 Å². The van der Waals surface area contributed by atoms with Crippen molar-refractivity contribution in [1.29, 1.82) is 0 Å². The van der Waals surface area contributed by atoms with E-state index in [9.17, 15) is 0 Å². The summed E-state index contributed by atoms with van der Waals surface area (Å²) in [4.78, 5) is 0. The average molecular weight is 403 g/mol. The van der Waals surface area contributed by atoms with Crippen molar-refractivity contribution in [1.82, 2.24) is 0 Å². The molecule has 0 saturated heterocycles. The van der Waals surface area contributed by atoms with E-state index in [0.29, 0.717) is 0 Å². The second-order valence-corrected chi connectivity index (χ2v) is 0. The molecule has 0 fully saturated rings. The van der Waals surface area contributed by atoms with Gasteiger partial charge in [-0.25, -0.2) is 0 Å². The van der Waals surface area contributed by atoms with Crippen molar-refractivity contribution >= 4 is 17.4 Å². The maximum absolute atomic E-state index is 0. The van der Waals surface area contributed by atoms with Gasteiger partial charge in [-0.05, 0) is 0 Å². The molecule has 0 aliphatic heterocycles. The molecule has 0 unspecified atom stereocenters. The van der Waals surface area contributed by atoms with Crippen LogP contribution >= 0.6 is 0 Å². The fourth-order valence-electron chi connectivity index (χ4n) is 0. The van der Waals surface area contributed by atoms with Gasteiger partial charge in [0.25, 0.3) is 0 Å². The van der Waals surface area contributed by atoms with E-state index in [4.69, 9.17) is 0 Å². The maximum Gasteiger partial charge on any atom is 0 e. The van der Waals surface area contributed by atoms with Gasteiger partial charge in [-0.1, -0.05) is 0 Å². The first-order chi connectivity index (χ1) is 0. The zero-order chi connectivity index (χ0) is 0. The van der Waals surface area contributed by atoms with Crippen molar-refractivity contribution < 1.29 is 109 Å². The molecule has 15 valence electrons. The predicted molar refractivity (Wildman–Crippen MR) is 5.75 cm³/mol. The van der Waals surface area contributed by atoms with Crippen molar-refractivity contribution in [2.45, 2.75) is 0 Å². The van der Waals surface area contributed by atoms with E-state index in [2.05, 4.69) is 0 Å². The molecular formula is AlCeNdZr. The van der Waals surface area contributed by atoms with E-state index in [1.165, 1.54) is 0 Å². The van der Waals surface area contributed by atoms with Crippen molar-refractivity contribution in [3.63, 3.8) is 0 Å². The summed E-state index contributed by atoms with van der Waals surface area (Å²) in [6.07, 6.45) is 0. The minimum Gasteiger partial charge on any atom is 0 e. The SMILES string of the molecule is [Al].[Ce].[Nd].[Zr]. The van der Waals surface area contributed by atoms with Gasteiger partial charge in [0, 0.05) is 126 Å². The summed E-state index contributed by atoms with van der Waals surface area (Å²) < 4.78 is 0. The molecule has 0 heterocycles. The van der Waals surface area contributed by atoms with Crippen LogP contribution in [-0.4, -0.2) is 17.4 Å². The van der Waals surface area contributed by atoms with Crippen molar-refractivity contribution in [2.75, 3.05) is 0 Å². The Hall–Kier alpha value is 4.14. The van der Waals surface area contributed by atoms with Crippen LogP contribution < -0.4 is 0 Å². The quantitative estimate of drug-likeness (QED) is 0.485. The van der Waals surface area contributed by atoms with E-state index in [-0.39, 0.29) is 126 Å². The monoisotopic (exact) mass is 399 g/mol. The van der Waals surface area contributed by atoms with Crippen LogP contribution in [0, 0.1) is 82.6 Å². The Balaban J connectivity index is 0. The summed E-state index contributed by atoms with van der Waals surface area (Å²) in [6, 6.07) is 0. The van der Waals surface area contributed by atoms with E-state index >= 15 is 0 Å². The van der Waals surface area contributed by atoms with Crippen LogP contribution in [0.3, 0.4) is 0 Å². The van der Waals surface area contributed by atoms with Crippen LogP contribution in [0.15, 0.2) is 0 Å². The van der Waals surface area contributed by atoms with Gasteiger partial charge in [0.2, 0.25) is 0 Å². The first kappa shape index (κ1) is 24.2. The van der Waals surface area contributed by atoms with Gasteiger partial charge < -0.3 is 0 Å². The maximum atomic E-state index is 0. The van der Waals surface area contributed by atoms with Gasteiger partial charge in [0.1, 0.15) is 0 Å². The first-order valence-electron chi connectivity index (χ1n) is 0. The Morgan fingerprint density at radius 3 is 1.00 bits per heavy atom. The van der Waals surface area contributed by atoms with Crippen LogP contribution in [0.5, 0.6) is 0 Å². The molecule has 0 nitrogen and oxygen atoms in total. The molecule has 0 N–H and O–H groups in total. The van der Waals surface area contributed by atoms with Crippen LogP contribution in [0.2, 0.25) is 0 Å². The van der Waals surface area contributed by atoms with Crippen molar-refractivity contribution in [3.05, 3.63) is 0 Å². The Labute approximate surface area is 122 Å². The molecule has 0 amide bonds. The van der Waals surface area contributed by atoms with E-state index < -0.39 is 0 Å². The zero-order valence-electron chi connectivity index (χ0n) is 2.08. The molecule has 4 heavy (non-hydrogen) atoms. The van der Waals surface area contributed by atoms with Crippen LogP contribution in [0.25, 0.3) is 0 Å². The molecule has 0 atom stereocenters. The molecule has 0 aliphatic carbocycles. The van der Waals surface area contributed by atoms with Gasteiger partial charge in [0.05, 0.1) is 0 Å². The Kier molecular flexibility index (Phi) is 95.0. The summed E-state index contributed by atoms with van der Waals surface area (Å²) in [5, 5.41) is 0. The van der Waals surface area contributed by atoms with Gasteiger partial charge >= 0.3 is 0 Å². The Morgan fingerprint density at radius 2 is 1.00 bits per heavy atom. The van der Waals surface area contributed by atoms with Crippen molar-refractivity contribution in [3.8, 4) is 0 Å². The molecule has 0 aromatic carbocycles. The predicted octanol–water partition coefficient (Wildman–Crippen LogP) is -0.383. The summed E-state index contributed by atoms with van der Waals surface area (Å²) in [7, 11) is 0. The number of hydrogen-bond donors (Lipinski definition) is 0. The Bertz CT molecular complexity index is 8.00. The normalized spacial score (nSPS) is 0. The molecule has 0 aromatic heterocycles. The van der Waals surface area contributed by atoms with E-state index in [1.54, 1.807) is 0 Å². The molecular weight excluding hydrogens is 403 g/mol. The average Bonchev–Trinajstić information content (AvgIpc) is 0. The molecule has 0 bridgehead atoms. The van der Waals surface area contributed by atoms with Gasteiger partial charge in [-0.3, -0.25) is 0 Å². The molecule has 0 saturated carbocycles. The fourth-order valence-corrected chi connectivity index (χ4v) is 0. The topological polar surface area (TPSA) is 0 Å². The van der Waals surface area contributed by atoms with Crippen LogP contribution in [0.1, 0.15) is 0 Å². The third-order valence-corrected chi connectivity index (χ3v) is 0. The standard InChI is InChI=1S/Al.Ce.Nd.Zr. The fraction of sp³-hybridized carbons (Fsp3) is 0.